The lowest BCUT2D eigenvalue weighted by molar-refractivity contribution is -0.125. The fourth-order valence-corrected chi connectivity index (χ4v) is 3.21. The van der Waals surface area contributed by atoms with Crippen LogP contribution in [0, 0.1) is 11.3 Å². The number of likely N-dealkylation sites (tertiary alicyclic amines) is 1. The van der Waals surface area contributed by atoms with Crippen LogP contribution in [-0.4, -0.2) is 40.5 Å². The minimum atomic E-state index is -0.764. The standard InChI is InChI=1S/C20H18ClN3O3/c21-16-6-4-13(5-7-16)11-23-19(26)18-9-17(25)12-24(18)20(27)15-3-1-2-14(8-15)10-22/h1-8,17-18,25H,9,11-12H2,(H,23,26). The lowest BCUT2D eigenvalue weighted by Gasteiger charge is -2.24. The summed E-state index contributed by atoms with van der Waals surface area (Å²) in [6.45, 7) is 0.378. The van der Waals surface area contributed by atoms with Gasteiger partial charge in [0.1, 0.15) is 6.04 Å². The zero-order valence-electron chi connectivity index (χ0n) is 14.4. The van der Waals surface area contributed by atoms with Crippen molar-refractivity contribution in [1.29, 1.82) is 5.26 Å². The van der Waals surface area contributed by atoms with E-state index in [1.54, 1.807) is 30.3 Å². The number of carbonyl (C=O) groups excluding carboxylic acids is 2. The zero-order valence-corrected chi connectivity index (χ0v) is 15.2. The fourth-order valence-electron chi connectivity index (χ4n) is 3.08. The monoisotopic (exact) mass is 383 g/mol. The van der Waals surface area contributed by atoms with Gasteiger partial charge in [0.05, 0.1) is 17.7 Å². The molecular weight excluding hydrogens is 366 g/mol. The highest BCUT2D eigenvalue weighted by atomic mass is 35.5. The second kappa shape index (κ2) is 8.21. The van der Waals surface area contributed by atoms with Gasteiger partial charge in [-0.2, -0.15) is 5.26 Å². The first kappa shape index (κ1) is 18.9. The predicted octanol–water partition coefficient (Wildman–Crippen LogP) is 2.10. The Bertz CT molecular complexity index is 892. The summed E-state index contributed by atoms with van der Waals surface area (Å²) >= 11 is 5.85. The van der Waals surface area contributed by atoms with Crippen molar-refractivity contribution in [3.8, 4) is 6.07 Å². The molecule has 2 aromatic rings. The van der Waals surface area contributed by atoms with E-state index in [1.807, 2.05) is 18.2 Å². The number of aliphatic hydroxyl groups is 1. The number of nitrogens with one attached hydrogen (secondary N) is 1. The average Bonchev–Trinajstić information content (AvgIpc) is 3.08. The molecule has 2 aromatic carbocycles. The molecule has 1 saturated heterocycles. The Hall–Kier alpha value is -2.88. The van der Waals surface area contributed by atoms with Gasteiger partial charge in [-0.15, -0.1) is 0 Å². The number of rotatable bonds is 4. The summed E-state index contributed by atoms with van der Waals surface area (Å²) in [6, 6.07) is 14.6. The van der Waals surface area contributed by atoms with Gasteiger partial charge in [-0.1, -0.05) is 29.8 Å². The van der Waals surface area contributed by atoms with E-state index in [0.717, 1.165) is 5.56 Å². The number of nitriles is 1. The van der Waals surface area contributed by atoms with E-state index in [2.05, 4.69) is 5.32 Å². The summed E-state index contributed by atoms with van der Waals surface area (Å²) < 4.78 is 0. The van der Waals surface area contributed by atoms with Gasteiger partial charge in [-0.3, -0.25) is 9.59 Å². The molecule has 7 heteroatoms. The van der Waals surface area contributed by atoms with Crippen molar-refractivity contribution in [2.75, 3.05) is 6.54 Å². The molecule has 138 valence electrons. The summed E-state index contributed by atoms with van der Waals surface area (Å²) in [7, 11) is 0. The van der Waals surface area contributed by atoms with Gasteiger partial charge in [-0.05, 0) is 35.9 Å². The fraction of sp³-hybridized carbons (Fsp3) is 0.250. The van der Waals surface area contributed by atoms with Crippen LogP contribution >= 0.6 is 11.6 Å². The third-order valence-corrected chi connectivity index (χ3v) is 4.71. The van der Waals surface area contributed by atoms with Crippen LogP contribution in [0.2, 0.25) is 5.02 Å². The topological polar surface area (TPSA) is 93.4 Å². The highest BCUT2D eigenvalue weighted by Gasteiger charge is 2.39. The lowest BCUT2D eigenvalue weighted by Crippen LogP contribution is -2.45. The summed E-state index contributed by atoms with van der Waals surface area (Å²) in [5, 5.41) is 22.4. The quantitative estimate of drug-likeness (QED) is 0.845. The maximum atomic E-state index is 12.8. The molecule has 2 N–H and O–H groups in total. The number of hydrogen-bond acceptors (Lipinski definition) is 4. The van der Waals surface area contributed by atoms with Crippen LogP contribution in [-0.2, 0) is 11.3 Å². The highest BCUT2D eigenvalue weighted by molar-refractivity contribution is 6.30. The van der Waals surface area contributed by atoms with Crippen molar-refractivity contribution < 1.29 is 14.7 Å². The minimum Gasteiger partial charge on any atom is -0.391 e. The van der Waals surface area contributed by atoms with Crippen molar-refractivity contribution >= 4 is 23.4 Å². The van der Waals surface area contributed by atoms with Gasteiger partial charge < -0.3 is 15.3 Å². The Morgan fingerprint density at radius 3 is 2.70 bits per heavy atom. The molecule has 1 fully saturated rings. The molecule has 1 aliphatic rings. The van der Waals surface area contributed by atoms with Crippen molar-refractivity contribution in [1.82, 2.24) is 10.2 Å². The molecule has 1 heterocycles. The van der Waals surface area contributed by atoms with Gasteiger partial charge in [0.25, 0.3) is 5.91 Å². The summed E-state index contributed by atoms with van der Waals surface area (Å²) in [6.07, 6.45) is -0.588. The smallest absolute Gasteiger partial charge is 0.254 e. The first-order valence-corrected chi connectivity index (χ1v) is 8.87. The van der Waals surface area contributed by atoms with Crippen molar-refractivity contribution in [2.45, 2.75) is 25.1 Å². The largest absolute Gasteiger partial charge is 0.391 e. The molecule has 2 unspecified atom stereocenters. The Kier molecular flexibility index (Phi) is 5.75. The van der Waals surface area contributed by atoms with Crippen molar-refractivity contribution in [3.63, 3.8) is 0 Å². The molecule has 6 nitrogen and oxygen atoms in total. The van der Waals surface area contributed by atoms with E-state index in [1.165, 1.54) is 11.0 Å². The normalized spacial score (nSPS) is 18.8. The van der Waals surface area contributed by atoms with E-state index in [-0.39, 0.29) is 24.8 Å². The van der Waals surface area contributed by atoms with Crippen LogP contribution in [0.25, 0.3) is 0 Å². The third-order valence-electron chi connectivity index (χ3n) is 4.46. The number of β-amino-alcohol motifs (C(OH)–C–C–N with tert-alkyl or cyclic N) is 1. The molecule has 2 atom stereocenters. The number of benzene rings is 2. The van der Waals surface area contributed by atoms with Gasteiger partial charge >= 0.3 is 0 Å². The SMILES string of the molecule is N#Cc1cccc(C(=O)N2CC(O)CC2C(=O)NCc2ccc(Cl)cc2)c1. The number of amides is 2. The van der Waals surface area contributed by atoms with Crippen LogP contribution in [0.15, 0.2) is 48.5 Å². The van der Waals surface area contributed by atoms with E-state index >= 15 is 0 Å². The maximum absolute atomic E-state index is 12.8. The number of carbonyl (C=O) groups is 2. The minimum absolute atomic E-state index is 0.0780. The van der Waals surface area contributed by atoms with E-state index < -0.39 is 12.1 Å². The van der Waals surface area contributed by atoms with E-state index in [0.29, 0.717) is 22.7 Å². The third kappa shape index (κ3) is 4.45. The summed E-state index contributed by atoms with van der Waals surface area (Å²) in [5.41, 5.74) is 1.56. The van der Waals surface area contributed by atoms with E-state index in [4.69, 9.17) is 16.9 Å². The molecule has 0 saturated carbocycles. The summed E-state index contributed by atoms with van der Waals surface area (Å²) in [4.78, 5) is 26.8. The van der Waals surface area contributed by atoms with E-state index in [9.17, 15) is 14.7 Å². The maximum Gasteiger partial charge on any atom is 0.254 e. The Morgan fingerprint density at radius 2 is 2.00 bits per heavy atom. The molecule has 0 aliphatic carbocycles. The second-order valence-electron chi connectivity index (χ2n) is 6.40. The molecule has 27 heavy (non-hydrogen) atoms. The first-order chi connectivity index (χ1) is 13.0. The Labute approximate surface area is 162 Å². The van der Waals surface area contributed by atoms with Crippen molar-refractivity contribution in [3.05, 3.63) is 70.2 Å². The highest BCUT2D eigenvalue weighted by Crippen LogP contribution is 2.21. The Morgan fingerprint density at radius 1 is 1.26 bits per heavy atom. The van der Waals surface area contributed by atoms with Crippen LogP contribution in [0.4, 0.5) is 0 Å². The molecule has 0 aromatic heterocycles. The zero-order chi connectivity index (χ0) is 19.4. The number of aliphatic hydroxyl groups excluding tert-OH is 1. The van der Waals surface area contributed by atoms with Crippen LogP contribution in [0.3, 0.4) is 0 Å². The molecule has 1 aliphatic heterocycles. The van der Waals surface area contributed by atoms with Crippen LogP contribution < -0.4 is 5.32 Å². The van der Waals surface area contributed by atoms with Gasteiger partial charge in [0.15, 0.2) is 0 Å². The number of halogens is 1. The van der Waals surface area contributed by atoms with Crippen LogP contribution in [0.1, 0.15) is 27.9 Å². The molecule has 0 bridgehead atoms. The lowest BCUT2D eigenvalue weighted by atomic mass is 10.1. The molecule has 0 radical (unpaired) electrons. The van der Waals surface area contributed by atoms with Gasteiger partial charge in [0, 0.05) is 30.1 Å². The number of hydrogen-bond donors (Lipinski definition) is 2. The molecule has 0 spiro atoms. The molecule has 2 amide bonds. The molecular formula is C20H18ClN3O3. The first-order valence-electron chi connectivity index (χ1n) is 8.49. The predicted molar refractivity (Wildman–Crippen MR) is 99.9 cm³/mol. The number of nitrogens with zero attached hydrogens (tertiary/aromatic N) is 2. The Balaban J connectivity index is 1.71. The van der Waals surface area contributed by atoms with Crippen molar-refractivity contribution in [2.24, 2.45) is 0 Å². The van der Waals surface area contributed by atoms with Gasteiger partial charge in [-0.25, -0.2) is 0 Å². The van der Waals surface area contributed by atoms with Gasteiger partial charge in [0.2, 0.25) is 5.91 Å². The van der Waals surface area contributed by atoms with Crippen LogP contribution in [0.5, 0.6) is 0 Å². The molecule has 3 rings (SSSR count). The summed E-state index contributed by atoms with van der Waals surface area (Å²) in [5.74, 6) is -0.707. The second-order valence-corrected chi connectivity index (χ2v) is 6.84. The average molecular weight is 384 g/mol.